The van der Waals surface area contributed by atoms with Crippen molar-refractivity contribution in [2.45, 2.75) is 101 Å². The Balaban J connectivity index is 1.21. The second-order valence-electron chi connectivity index (χ2n) is 17.1. The summed E-state index contributed by atoms with van der Waals surface area (Å²) in [6.07, 6.45) is 1.000. The fourth-order valence-corrected chi connectivity index (χ4v) is 9.24. The average molecular weight is 858 g/mol. The number of nitrogens with zero attached hydrogens (tertiary/aromatic N) is 3. The summed E-state index contributed by atoms with van der Waals surface area (Å²) in [7, 11) is -2.42. The van der Waals surface area contributed by atoms with Crippen LogP contribution in [-0.2, 0) is 43.5 Å². The van der Waals surface area contributed by atoms with Crippen LogP contribution in [0.4, 0.5) is 0 Å². The Morgan fingerprint density at radius 2 is 1.80 bits per heavy atom. The van der Waals surface area contributed by atoms with Gasteiger partial charge in [0, 0.05) is 60.7 Å². The fraction of sp³-hybridized carbons (Fsp3) is 0.477. The molecule has 4 aliphatic rings. The van der Waals surface area contributed by atoms with Gasteiger partial charge in [0.2, 0.25) is 33.7 Å². The van der Waals surface area contributed by atoms with Gasteiger partial charge < -0.3 is 24.4 Å². The van der Waals surface area contributed by atoms with Crippen molar-refractivity contribution < 1.29 is 51.4 Å². The van der Waals surface area contributed by atoms with Crippen molar-refractivity contribution in [2.75, 3.05) is 20.2 Å². The summed E-state index contributed by atoms with van der Waals surface area (Å²) >= 11 is 0. The number of rotatable bonds is 16. The average Bonchev–Trinajstić information content (AvgIpc) is 4.14. The van der Waals surface area contributed by atoms with Crippen LogP contribution in [0.3, 0.4) is 0 Å². The van der Waals surface area contributed by atoms with Gasteiger partial charge in [-0.2, -0.15) is 0 Å². The highest BCUT2D eigenvalue weighted by Crippen LogP contribution is 2.46. The molecule has 17 heteroatoms. The summed E-state index contributed by atoms with van der Waals surface area (Å²) < 4.78 is 45.5. The lowest BCUT2D eigenvalue weighted by Gasteiger charge is -2.31. The maximum atomic E-state index is 14.8. The Kier molecular flexibility index (Phi) is 12.0. The maximum absolute atomic E-state index is 14.8. The van der Waals surface area contributed by atoms with Crippen molar-refractivity contribution in [3.05, 3.63) is 67.3 Å². The highest BCUT2D eigenvalue weighted by atomic mass is 32.2. The Morgan fingerprint density at radius 3 is 2.41 bits per heavy atom. The maximum Gasteiger partial charge on any atom is 0.307 e. The number of fused-ring (bicyclic) bond motifs is 1. The van der Waals surface area contributed by atoms with Crippen molar-refractivity contribution in [1.29, 1.82) is 0 Å². The van der Waals surface area contributed by atoms with Gasteiger partial charge in [-0.05, 0) is 58.6 Å². The minimum Gasteiger partial charge on any atom is -0.497 e. The molecule has 16 nitrogen and oxygen atoms in total. The number of benzene rings is 2. The normalized spacial score (nSPS) is 22.8. The summed E-state index contributed by atoms with van der Waals surface area (Å²) in [5.74, 6) is -4.53. The number of esters is 1. The van der Waals surface area contributed by atoms with Crippen LogP contribution in [0.25, 0.3) is 22.2 Å². The molecule has 0 radical (unpaired) electrons. The number of β-lactam (4-membered cyclic amide) rings is 1. The van der Waals surface area contributed by atoms with Crippen LogP contribution in [0, 0.1) is 11.8 Å². The number of ether oxygens (including phenoxy) is 3. The number of nitrogens with one attached hydrogen (secondary N) is 2. The highest BCUT2D eigenvalue weighted by molar-refractivity contribution is 7.91. The quantitative estimate of drug-likeness (QED) is 0.120. The van der Waals surface area contributed by atoms with Gasteiger partial charge in [-0.15, -0.1) is 6.58 Å². The third-order valence-corrected chi connectivity index (χ3v) is 13.3. The molecule has 1 unspecified atom stereocenters. The minimum absolute atomic E-state index is 0.0601. The number of sulfonamides is 1. The smallest absolute Gasteiger partial charge is 0.307 e. The van der Waals surface area contributed by atoms with Crippen LogP contribution in [0.15, 0.2) is 67.3 Å². The molecule has 5 amide bonds. The topological polar surface area (TPSA) is 208 Å². The highest BCUT2D eigenvalue weighted by Gasteiger charge is 2.62. The van der Waals surface area contributed by atoms with E-state index in [4.69, 9.17) is 19.2 Å². The molecule has 7 rings (SSSR count). The lowest BCUT2D eigenvalue weighted by Crippen LogP contribution is -2.57. The summed E-state index contributed by atoms with van der Waals surface area (Å²) in [6.45, 7) is 8.95. The molecule has 3 aromatic rings. The molecule has 324 valence electrons. The second-order valence-corrected chi connectivity index (χ2v) is 19.1. The van der Waals surface area contributed by atoms with E-state index in [0.717, 1.165) is 10.5 Å². The van der Waals surface area contributed by atoms with Crippen LogP contribution in [0.2, 0.25) is 0 Å². The van der Waals surface area contributed by atoms with Crippen molar-refractivity contribution in [1.82, 2.24) is 24.8 Å². The third kappa shape index (κ3) is 9.56. The van der Waals surface area contributed by atoms with Gasteiger partial charge >= 0.3 is 5.97 Å². The molecule has 2 saturated heterocycles. The zero-order valence-corrected chi connectivity index (χ0v) is 35.5. The van der Waals surface area contributed by atoms with E-state index in [-0.39, 0.29) is 51.1 Å². The van der Waals surface area contributed by atoms with Gasteiger partial charge in [-0.1, -0.05) is 36.4 Å². The molecule has 2 saturated carbocycles. The molecule has 2 aliphatic carbocycles. The van der Waals surface area contributed by atoms with E-state index in [1.54, 1.807) is 52.1 Å². The number of pyridine rings is 1. The lowest BCUT2D eigenvalue weighted by atomic mass is 9.96. The Morgan fingerprint density at radius 1 is 1.07 bits per heavy atom. The Labute approximate surface area is 354 Å². The van der Waals surface area contributed by atoms with E-state index in [0.29, 0.717) is 40.9 Å². The first-order valence-electron chi connectivity index (χ1n) is 20.5. The molecule has 1 aromatic heterocycles. The fourth-order valence-electron chi connectivity index (χ4n) is 7.87. The molecule has 5 atom stereocenters. The van der Waals surface area contributed by atoms with Gasteiger partial charge in [0.05, 0.1) is 36.5 Å². The van der Waals surface area contributed by atoms with E-state index < -0.39 is 86.4 Å². The van der Waals surface area contributed by atoms with Gasteiger partial charge in [0.15, 0.2) is 0 Å². The van der Waals surface area contributed by atoms with Crippen molar-refractivity contribution >= 4 is 56.4 Å². The number of likely N-dealkylation sites (tertiary alicyclic amines) is 2. The molecule has 2 aliphatic heterocycles. The predicted octanol–water partition coefficient (Wildman–Crippen LogP) is 3.82. The van der Waals surface area contributed by atoms with Gasteiger partial charge in [0.25, 0.3) is 5.91 Å². The largest absolute Gasteiger partial charge is 0.497 e. The monoisotopic (exact) mass is 857 g/mol. The molecule has 0 spiro atoms. The van der Waals surface area contributed by atoms with Crippen molar-refractivity contribution in [2.24, 2.45) is 11.8 Å². The van der Waals surface area contributed by atoms with Crippen LogP contribution < -0.4 is 19.5 Å². The second kappa shape index (κ2) is 16.9. The molecular formula is C44H51N5O11S. The summed E-state index contributed by atoms with van der Waals surface area (Å²) in [5.41, 5.74) is -0.547. The van der Waals surface area contributed by atoms with E-state index >= 15 is 0 Å². The Hall–Kier alpha value is -5.84. The van der Waals surface area contributed by atoms with Gasteiger partial charge in [0.1, 0.15) is 34.8 Å². The number of carbonyl (C=O) groups is 6. The van der Waals surface area contributed by atoms with E-state index in [1.165, 1.54) is 11.0 Å². The first-order valence-corrected chi connectivity index (χ1v) is 22.0. The first-order chi connectivity index (χ1) is 28.9. The van der Waals surface area contributed by atoms with Gasteiger partial charge in [-0.25, -0.2) is 13.4 Å². The molecule has 4 fully saturated rings. The number of hydrogen-bond donors (Lipinski definition) is 2. The molecule has 3 heterocycles. The van der Waals surface area contributed by atoms with Crippen LogP contribution in [0.1, 0.15) is 72.1 Å². The third-order valence-electron chi connectivity index (χ3n) is 11.5. The van der Waals surface area contributed by atoms with E-state index in [1.807, 2.05) is 30.3 Å². The number of aromatic nitrogens is 1. The van der Waals surface area contributed by atoms with Crippen LogP contribution >= 0.6 is 0 Å². The number of hydrogen-bond acceptors (Lipinski definition) is 12. The summed E-state index contributed by atoms with van der Waals surface area (Å²) in [5, 5.41) is 2.72. The molecule has 0 bridgehead atoms. The standard InChI is InChI=1S/C44H51N5O11S/c1-6-28-24-44(28,42(55)47-61(56,57)31-14-15-31)46-40(53)35-22-30(59-36-23-33(26-10-8-7-9-11-26)45-34-21-29(58-5)13-16-32(34)36)25-49(35)41(54)27(20-39(52)60-43(2,3)4)12-17-37(50)48-19-18-38(48)51/h6-11,13,16,21,23,27-28,30-31,35H,1,12,14-15,17-20,22,24-25H2,2-5H3,(H,46,53)(H,47,55)/t27-,28-,30?,35+,44-/m1/s1. The first kappa shape index (κ1) is 43.3. The zero-order chi connectivity index (χ0) is 43.9. The number of amides is 5. The number of carbonyl (C=O) groups excluding carboxylic acids is 6. The summed E-state index contributed by atoms with van der Waals surface area (Å²) in [6, 6.07) is 15.3. The summed E-state index contributed by atoms with van der Waals surface area (Å²) in [4.78, 5) is 88.6. The van der Waals surface area contributed by atoms with Crippen molar-refractivity contribution in [3.8, 4) is 22.8 Å². The minimum atomic E-state index is -3.96. The molecule has 2 N–H and O–H groups in total. The van der Waals surface area contributed by atoms with E-state index in [9.17, 15) is 37.2 Å². The molecule has 2 aromatic carbocycles. The van der Waals surface area contributed by atoms with E-state index in [2.05, 4.69) is 16.6 Å². The van der Waals surface area contributed by atoms with Crippen molar-refractivity contribution in [3.63, 3.8) is 0 Å². The molecular weight excluding hydrogens is 807 g/mol. The zero-order valence-electron chi connectivity index (χ0n) is 34.7. The Bertz CT molecular complexity index is 2380. The van der Waals surface area contributed by atoms with Crippen LogP contribution in [0.5, 0.6) is 11.5 Å². The molecule has 61 heavy (non-hydrogen) atoms. The lowest BCUT2D eigenvalue weighted by molar-refractivity contribution is -0.160. The predicted molar refractivity (Wildman–Crippen MR) is 222 cm³/mol. The van der Waals surface area contributed by atoms with Crippen LogP contribution in [-0.4, -0.2) is 107 Å². The van der Waals surface area contributed by atoms with Gasteiger partial charge in [-0.3, -0.25) is 38.4 Å². The number of imide groups is 1. The SMILES string of the molecule is C=C[C@@H]1C[C@]1(NC(=O)[C@@H]1CC(Oc2cc(-c3ccccc3)nc3cc(OC)ccc23)CN1C(=O)[C@H](CCC(=O)N1CCC1=O)CC(=O)OC(C)(C)C)C(=O)NS(=O)(=O)C1CC1. The number of methoxy groups -OCH3 is 1.